The van der Waals surface area contributed by atoms with Crippen LogP contribution in [0.1, 0.15) is 26.4 Å². The Hall–Kier alpha value is -4.13. The standard InChI is InChI=1S/C22H18N4O3/c23-21(27)15-7-9-17(10-8-15)25-22(28)16-4-3-5-19(12-16)29-14-18-13-26-11-2-1-6-20(26)24-18/h1-13H,14H2,(H2,23,27)(H,25,28). The first-order valence-corrected chi connectivity index (χ1v) is 8.95. The largest absolute Gasteiger partial charge is 0.487 e. The van der Waals surface area contributed by atoms with Crippen LogP contribution >= 0.6 is 0 Å². The normalized spacial score (nSPS) is 10.6. The van der Waals surface area contributed by atoms with E-state index in [1.807, 2.05) is 35.0 Å². The summed E-state index contributed by atoms with van der Waals surface area (Å²) < 4.78 is 7.72. The molecule has 0 aliphatic heterocycles. The smallest absolute Gasteiger partial charge is 0.255 e. The minimum Gasteiger partial charge on any atom is -0.487 e. The zero-order valence-corrected chi connectivity index (χ0v) is 15.4. The molecule has 0 fully saturated rings. The summed E-state index contributed by atoms with van der Waals surface area (Å²) in [5.74, 6) is -0.230. The number of carbonyl (C=O) groups excluding carboxylic acids is 2. The Balaban J connectivity index is 1.42. The van der Waals surface area contributed by atoms with Crippen LogP contribution in [0.4, 0.5) is 5.69 Å². The second-order valence-electron chi connectivity index (χ2n) is 6.41. The maximum atomic E-state index is 12.5. The predicted molar refractivity (Wildman–Crippen MR) is 109 cm³/mol. The van der Waals surface area contributed by atoms with E-state index in [1.54, 1.807) is 48.5 Å². The summed E-state index contributed by atoms with van der Waals surface area (Å²) in [4.78, 5) is 28.1. The molecule has 4 rings (SSSR count). The van der Waals surface area contributed by atoms with Crippen molar-refractivity contribution in [1.29, 1.82) is 0 Å². The number of imidazole rings is 1. The molecule has 2 aromatic carbocycles. The number of pyridine rings is 1. The molecule has 0 saturated heterocycles. The van der Waals surface area contributed by atoms with Crippen LogP contribution in [-0.4, -0.2) is 21.2 Å². The highest BCUT2D eigenvalue weighted by atomic mass is 16.5. The Morgan fingerprint density at radius 1 is 1.00 bits per heavy atom. The first-order valence-electron chi connectivity index (χ1n) is 8.95. The lowest BCUT2D eigenvalue weighted by atomic mass is 10.1. The van der Waals surface area contributed by atoms with Crippen LogP contribution in [0.2, 0.25) is 0 Å². The highest BCUT2D eigenvalue weighted by Gasteiger charge is 2.09. The second-order valence-corrected chi connectivity index (χ2v) is 6.41. The van der Waals surface area contributed by atoms with Gasteiger partial charge in [-0.1, -0.05) is 12.1 Å². The van der Waals surface area contributed by atoms with Gasteiger partial charge in [0.25, 0.3) is 5.91 Å². The number of primary amides is 1. The SMILES string of the molecule is NC(=O)c1ccc(NC(=O)c2cccc(OCc3cn4ccccc4n3)c2)cc1. The van der Waals surface area contributed by atoms with Crippen molar-refractivity contribution in [3.05, 3.63) is 95.9 Å². The van der Waals surface area contributed by atoms with E-state index in [1.165, 1.54) is 0 Å². The number of rotatable bonds is 6. The summed E-state index contributed by atoms with van der Waals surface area (Å²) in [5.41, 5.74) is 8.26. The molecule has 0 bridgehead atoms. The molecule has 4 aromatic rings. The molecule has 0 saturated carbocycles. The third-order valence-corrected chi connectivity index (χ3v) is 4.32. The number of hydrogen-bond donors (Lipinski definition) is 2. The van der Waals surface area contributed by atoms with E-state index in [2.05, 4.69) is 10.3 Å². The fourth-order valence-corrected chi connectivity index (χ4v) is 2.86. The van der Waals surface area contributed by atoms with Crippen molar-refractivity contribution in [2.24, 2.45) is 5.73 Å². The first kappa shape index (κ1) is 18.2. The van der Waals surface area contributed by atoms with E-state index >= 15 is 0 Å². The lowest BCUT2D eigenvalue weighted by Gasteiger charge is -2.08. The van der Waals surface area contributed by atoms with Crippen LogP contribution in [0, 0.1) is 0 Å². The average Bonchev–Trinajstić information content (AvgIpc) is 3.16. The van der Waals surface area contributed by atoms with E-state index in [9.17, 15) is 9.59 Å². The number of carbonyl (C=O) groups is 2. The molecule has 0 atom stereocenters. The molecular formula is C22H18N4O3. The van der Waals surface area contributed by atoms with Gasteiger partial charge in [0, 0.05) is 29.2 Å². The van der Waals surface area contributed by atoms with E-state index in [0.29, 0.717) is 29.2 Å². The molecule has 144 valence electrons. The number of ether oxygens (including phenoxy) is 1. The number of nitrogens with zero attached hydrogens (tertiary/aromatic N) is 2. The molecule has 3 N–H and O–H groups in total. The minimum atomic E-state index is -0.515. The second kappa shape index (κ2) is 7.85. The van der Waals surface area contributed by atoms with Gasteiger partial charge in [0.15, 0.2) is 0 Å². The van der Waals surface area contributed by atoms with Crippen LogP contribution in [0.15, 0.2) is 79.1 Å². The van der Waals surface area contributed by atoms with Crippen molar-refractivity contribution in [3.63, 3.8) is 0 Å². The Kier molecular flexibility index (Phi) is 4.94. The zero-order valence-electron chi connectivity index (χ0n) is 15.4. The lowest BCUT2D eigenvalue weighted by Crippen LogP contribution is -2.13. The number of nitrogens with one attached hydrogen (secondary N) is 1. The fraction of sp³-hybridized carbons (Fsp3) is 0.0455. The Morgan fingerprint density at radius 2 is 1.83 bits per heavy atom. The Bertz CT molecular complexity index is 1150. The van der Waals surface area contributed by atoms with Gasteiger partial charge in [0.05, 0.1) is 5.69 Å². The number of fused-ring (bicyclic) bond motifs is 1. The molecule has 2 aromatic heterocycles. The van der Waals surface area contributed by atoms with Gasteiger partial charge >= 0.3 is 0 Å². The summed E-state index contributed by atoms with van der Waals surface area (Å²) in [6.07, 6.45) is 3.83. The van der Waals surface area contributed by atoms with Gasteiger partial charge in [-0.3, -0.25) is 9.59 Å². The highest BCUT2D eigenvalue weighted by molar-refractivity contribution is 6.04. The van der Waals surface area contributed by atoms with Crippen LogP contribution in [0.3, 0.4) is 0 Å². The van der Waals surface area contributed by atoms with Gasteiger partial charge in [-0.25, -0.2) is 4.98 Å². The highest BCUT2D eigenvalue weighted by Crippen LogP contribution is 2.17. The van der Waals surface area contributed by atoms with Crippen molar-refractivity contribution in [2.45, 2.75) is 6.61 Å². The number of hydrogen-bond acceptors (Lipinski definition) is 4. The number of anilines is 1. The summed E-state index contributed by atoms with van der Waals surface area (Å²) in [5, 5.41) is 2.78. The molecule has 29 heavy (non-hydrogen) atoms. The van der Waals surface area contributed by atoms with E-state index in [0.717, 1.165) is 11.3 Å². The average molecular weight is 386 g/mol. The van der Waals surface area contributed by atoms with E-state index in [-0.39, 0.29) is 5.91 Å². The van der Waals surface area contributed by atoms with Gasteiger partial charge in [-0.05, 0) is 54.6 Å². The summed E-state index contributed by atoms with van der Waals surface area (Å²) in [6, 6.07) is 19.1. The maximum Gasteiger partial charge on any atom is 0.255 e. The van der Waals surface area contributed by atoms with E-state index in [4.69, 9.17) is 10.5 Å². The molecule has 2 heterocycles. The number of benzene rings is 2. The molecule has 0 unspecified atom stereocenters. The number of aromatic nitrogens is 2. The van der Waals surface area contributed by atoms with Crippen LogP contribution in [0.25, 0.3) is 5.65 Å². The van der Waals surface area contributed by atoms with Crippen molar-refractivity contribution >= 4 is 23.1 Å². The molecule has 0 spiro atoms. The van der Waals surface area contributed by atoms with Crippen molar-refractivity contribution < 1.29 is 14.3 Å². The molecule has 0 aliphatic carbocycles. The molecule has 7 heteroatoms. The fourth-order valence-electron chi connectivity index (χ4n) is 2.86. The third kappa shape index (κ3) is 4.24. The summed E-state index contributed by atoms with van der Waals surface area (Å²) >= 11 is 0. The molecule has 0 radical (unpaired) electrons. The van der Waals surface area contributed by atoms with E-state index < -0.39 is 5.91 Å². The molecule has 0 aliphatic rings. The molecule has 7 nitrogen and oxygen atoms in total. The van der Waals surface area contributed by atoms with Crippen LogP contribution in [0.5, 0.6) is 5.75 Å². The zero-order chi connectivity index (χ0) is 20.2. The van der Waals surface area contributed by atoms with Gasteiger partial charge in [-0.2, -0.15) is 0 Å². The monoisotopic (exact) mass is 386 g/mol. The van der Waals surface area contributed by atoms with Crippen LogP contribution < -0.4 is 15.8 Å². The lowest BCUT2D eigenvalue weighted by molar-refractivity contribution is 0.0998. The van der Waals surface area contributed by atoms with Crippen molar-refractivity contribution in [3.8, 4) is 5.75 Å². The summed E-state index contributed by atoms with van der Waals surface area (Å²) in [6.45, 7) is 0.293. The molecular weight excluding hydrogens is 368 g/mol. The number of nitrogens with two attached hydrogens (primary N) is 1. The van der Waals surface area contributed by atoms with Gasteiger partial charge < -0.3 is 20.2 Å². The van der Waals surface area contributed by atoms with Gasteiger partial charge in [0.1, 0.15) is 18.0 Å². The summed E-state index contributed by atoms with van der Waals surface area (Å²) in [7, 11) is 0. The minimum absolute atomic E-state index is 0.282. The Labute approximate surface area is 166 Å². The predicted octanol–water partition coefficient (Wildman–Crippen LogP) is 3.26. The van der Waals surface area contributed by atoms with Gasteiger partial charge in [-0.15, -0.1) is 0 Å². The maximum absolute atomic E-state index is 12.5. The Morgan fingerprint density at radius 3 is 2.59 bits per heavy atom. The third-order valence-electron chi connectivity index (χ3n) is 4.32. The topological polar surface area (TPSA) is 98.7 Å². The quantitative estimate of drug-likeness (QED) is 0.531. The van der Waals surface area contributed by atoms with Crippen molar-refractivity contribution in [1.82, 2.24) is 9.38 Å². The molecule has 2 amide bonds. The van der Waals surface area contributed by atoms with Gasteiger partial charge in [0.2, 0.25) is 5.91 Å². The first-order chi connectivity index (χ1) is 14.1. The number of amides is 2. The van der Waals surface area contributed by atoms with Crippen LogP contribution in [-0.2, 0) is 6.61 Å². The van der Waals surface area contributed by atoms with Crippen molar-refractivity contribution in [2.75, 3.05) is 5.32 Å².